The number of carbonyl (C=O) groups is 2. The fraction of sp³-hybridized carbons (Fsp3) is 0.500. The molecule has 6 heteroatoms. The third-order valence-corrected chi connectivity index (χ3v) is 3.18. The van der Waals surface area contributed by atoms with E-state index in [9.17, 15) is 14.0 Å². The molecule has 0 bridgehead atoms. The van der Waals surface area contributed by atoms with Crippen molar-refractivity contribution in [2.45, 2.75) is 32.7 Å². The third kappa shape index (κ3) is 7.17. The molecule has 0 spiro atoms. The molecule has 1 rings (SSSR count). The maximum Gasteiger partial charge on any atom is 0.279 e. The molecule has 0 fully saturated rings. The van der Waals surface area contributed by atoms with Crippen LogP contribution in [0.2, 0.25) is 0 Å². The van der Waals surface area contributed by atoms with Crippen molar-refractivity contribution in [3.8, 4) is 0 Å². The van der Waals surface area contributed by atoms with E-state index in [1.54, 1.807) is 7.05 Å². The highest BCUT2D eigenvalue weighted by molar-refractivity contribution is 5.91. The first-order valence-corrected chi connectivity index (χ1v) is 7.56. The summed E-state index contributed by atoms with van der Waals surface area (Å²) in [4.78, 5) is 24.5. The van der Waals surface area contributed by atoms with E-state index in [0.29, 0.717) is 5.69 Å². The number of amides is 2. The lowest BCUT2D eigenvalue weighted by Gasteiger charge is -2.16. The molecule has 0 radical (unpaired) electrons. The molecular weight excluding hydrogens is 285 g/mol. The minimum atomic E-state index is -0.349. The zero-order valence-electron chi connectivity index (χ0n) is 13.4. The van der Waals surface area contributed by atoms with E-state index in [-0.39, 0.29) is 36.8 Å². The van der Waals surface area contributed by atoms with Crippen LogP contribution in [-0.4, -0.2) is 38.0 Å². The van der Waals surface area contributed by atoms with Gasteiger partial charge < -0.3 is 15.5 Å². The Morgan fingerprint density at radius 2 is 1.77 bits per heavy atom. The van der Waals surface area contributed by atoms with Gasteiger partial charge in [0.05, 0.1) is 7.05 Å². The van der Waals surface area contributed by atoms with E-state index in [1.165, 1.54) is 24.3 Å². The van der Waals surface area contributed by atoms with Gasteiger partial charge in [0.2, 0.25) is 0 Å². The number of hydrogen-bond acceptors (Lipinski definition) is 2. The van der Waals surface area contributed by atoms with E-state index in [1.807, 2.05) is 6.92 Å². The summed E-state index contributed by atoms with van der Waals surface area (Å²) in [5, 5.41) is 5.58. The van der Waals surface area contributed by atoms with Crippen molar-refractivity contribution in [3.05, 3.63) is 30.1 Å². The largest absolute Gasteiger partial charge is 0.349 e. The zero-order chi connectivity index (χ0) is 16.5. The van der Waals surface area contributed by atoms with Crippen LogP contribution in [0.4, 0.5) is 10.1 Å². The molecule has 5 nitrogen and oxygen atoms in total. The second kappa shape index (κ2) is 9.15. The standard InChI is InChI=1S/C16H24FN3O2/c1-4-5-12(2)18-15(21)10-20(3)11-16(22)19-14-8-6-13(17)7-9-14/h6-9,12H,4-5,10-11H2,1-3H3,(H,18,21)(H,19,22)/p+1/t12-/m0/s1. The molecule has 0 saturated heterocycles. The molecule has 0 aliphatic carbocycles. The van der Waals surface area contributed by atoms with Crippen LogP contribution >= 0.6 is 0 Å². The molecule has 0 aliphatic rings. The van der Waals surface area contributed by atoms with Crippen molar-refractivity contribution in [1.82, 2.24) is 5.32 Å². The molecule has 0 heterocycles. The number of rotatable bonds is 8. The Kier molecular flexibility index (Phi) is 7.52. The van der Waals surface area contributed by atoms with Crippen LogP contribution in [0.25, 0.3) is 0 Å². The Bertz CT molecular complexity index is 491. The summed E-state index contributed by atoms with van der Waals surface area (Å²) in [6, 6.07) is 5.73. The van der Waals surface area contributed by atoms with Crippen molar-refractivity contribution in [2.75, 3.05) is 25.5 Å². The van der Waals surface area contributed by atoms with Crippen molar-refractivity contribution in [2.24, 2.45) is 0 Å². The lowest BCUT2D eigenvalue weighted by molar-refractivity contribution is -0.862. The molecule has 122 valence electrons. The van der Waals surface area contributed by atoms with Gasteiger partial charge in [0.1, 0.15) is 5.82 Å². The van der Waals surface area contributed by atoms with E-state index in [0.717, 1.165) is 17.7 Å². The molecule has 0 aromatic heterocycles. The van der Waals surface area contributed by atoms with Crippen LogP contribution in [-0.2, 0) is 9.59 Å². The van der Waals surface area contributed by atoms with Gasteiger partial charge in [0.15, 0.2) is 13.1 Å². The van der Waals surface area contributed by atoms with Crippen molar-refractivity contribution >= 4 is 17.5 Å². The van der Waals surface area contributed by atoms with E-state index >= 15 is 0 Å². The summed E-state index contributed by atoms with van der Waals surface area (Å²) in [7, 11) is 1.79. The Hall–Kier alpha value is -1.95. The molecule has 0 saturated carbocycles. The lowest BCUT2D eigenvalue weighted by atomic mass is 10.2. The predicted octanol–water partition coefficient (Wildman–Crippen LogP) is 0.584. The fourth-order valence-electron chi connectivity index (χ4n) is 2.18. The predicted molar refractivity (Wildman–Crippen MR) is 84.2 cm³/mol. The van der Waals surface area contributed by atoms with Gasteiger partial charge in [0, 0.05) is 11.7 Å². The minimum absolute atomic E-state index is 0.0620. The van der Waals surface area contributed by atoms with Crippen molar-refractivity contribution in [3.63, 3.8) is 0 Å². The Balaban J connectivity index is 2.34. The number of carbonyl (C=O) groups excluding carboxylic acids is 2. The van der Waals surface area contributed by atoms with E-state index in [2.05, 4.69) is 17.6 Å². The van der Waals surface area contributed by atoms with Gasteiger partial charge in [-0.25, -0.2) is 4.39 Å². The van der Waals surface area contributed by atoms with Gasteiger partial charge in [-0.2, -0.15) is 0 Å². The first kappa shape index (κ1) is 18.1. The summed E-state index contributed by atoms with van der Waals surface area (Å²) in [5.41, 5.74) is 0.542. The molecule has 1 aromatic carbocycles. The molecule has 0 aliphatic heterocycles. The topological polar surface area (TPSA) is 62.6 Å². The van der Waals surface area contributed by atoms with Crippen LogP contribution in [0.1, 0.15) is 26.7 Å². The SMILES string of the molecule is CCC[C@H](C)NC(=O)C[NH+](C)CC(=O)Nc1ccc(F)cc1. The van der Waals surface area contributed by atoms with Gasteiger partial charge in [-0.05, 0) is 37.6 Å². The fourth-order valence-corrected chi connectivity index (χ4v) is 2.18. The molecule has 2 amide bonds. The monoisotopic (exact) mass is 310 g/mol. The van der Waals surface area contributed by atoms with Crippen LogP contribution in [0.3, 0.4) is 0 Å². The third-order valence-electron chi connectivity index (χ3n) is 3.18. The highest BCUT2D eigenvalue weighted by Crippen LogP contribution is 2.07. The van der Waals surface area contributed by atoms with Crippen molar-refractivity contribution < 1.29 is 18.9 Å². The normalized spacial score (nSPS) is 13.3. The second-order valence-electron chi connectivity index (χ2n) is 5.62. The Morgan fingerprint density at radius 1 is 1.18 bits per heavy atom. The average Bonchev–Trinajstić information content (AvgIpc) is 2.40. The molecule has 2 atom stereocenters. The highest BCUT2D eigenvalue weighted by Gasteiger charge is 2.15. The number of hydrogen-bond donors (Lipinski definition) is 3. The summed E-state index contributed by atoms with van der Waals surface area (Å²) in [5.74, 6) is -0.620. The number of benzene rings is 1. The molecular formula is C16H25FN3O2+. The number of anilines is 1. The zero-order valence-corrected chi connectivity index (χ0v) is 13.4. The lowest BCUT2D eigenvalue weighted by Crippen LogP contribution is -3.11. The van der Waals surface area contributed by atoms with Gasteiger partial charge in [-0.3, -0.25) is 9.59 Å². The summed E-state index contributed by atoms with van der Waals surface area (Å²) < 4.78 is 12.8. The Labute approximate surface area is 130 Å². The van der Waals surface area contributed by atoms with Gasteiger partial charge in [-0.15, -0.1) is 0 Å². The molecule has 22 heavy (non-hydrogen) atoms. The molecule has 1 aromatic rings. The van der Waals surface area contributed by atoms with Crippen LogP contribution in [0.15, 0.2) is 24.3 Å². The van der Waals surface area contributed by atoms with Gasteiger partial charge >= 0.3 is 0 Å². The summed E-state index contributed by atoms with van der Waals surface area (Å²) >= 11 is 0. The van der Waals surface area contributed by atoms with Gasteiger partial charge in [0.25, 0.3) is 11.8 Å². The number of likely N-dealkylation sites (N-methyl/N-ethyl adjacent to an activating group) is 1. The minimum Gasteiger partial charge on any atom is -0.349 e. The highest BCUT2D eigenvalue weighted by atomic mass is 19.1. The maximum atomic E-state index is 12.8. The van der Waals surface area contributed by atoms with Crippen LogP contribution < -0.4 is 15.5 Å². The van der Waals surface area contributed by atoms with Crippen LogP contribution in [0.5, 0.6) is 0 Å². The van der Waals surface area contributed by atoms with Crippen molar-refractivity contribution in [1.29, 1.82) is 0 Å². The summed E-state index contributed by atoms with van der Waals surface area (Å²) in [6.07, 6.45) is 1.96. The summed E-state index contributed by atoms with van der Waals surface area (Å²) in [6.45, 7) is 4.45. The first-order chi connectivity index (χ1) is 10.4. The Morgan fingerprint density at radius 3 is 2.36 bits per heavy atom. The van der Waals surface area contributed by atoms with E-state index < -0.39 is 0 Å². The van der Waals surface area contributed by atoms with Gasteiger partial charge in [-0.1, -0.05) is 13.3 Å². The number of quaternary nitrogens is 1. The quantitative estimate of drug-likeness (QED) is 0.658. The average molecular weight is 310 g/mol. The number of nitrogens with one attached hydrogen (secondary N) is 3. The second-order valence-corrected chi connectivity index (χ2v) is 5.62. The molecule has 3 N–H and O–H groups in total. The van der Waals surface area contributed by atoms with Crippen LogP contribution in [0, 0.1) is 5.82 Å². The van der Waals surface area contributed by atoms with E-state index in [4.69, 9.17) is 0 Å². The maximum absolute atomic E-state index is 12.8. The number of halogens is 1. The molecule has 1 unspecified atom stereocenters. The smallest absolute Gasteiger partial charge is 0.279 e. The first-order valence-electron chi connectivity index (χ1n) is 7.56.